The third-order valence-corrected chi connectivity index (χ3v) is 6.38. The fourth-order valence-electron chi connectivity index (χ4n) is 3.99. The Morgan fingerprint density at radius 2 is 2.00 bits per heavy atom. The van der Waals surface area contributed by atoms with Gasteiger partial charge in [0.15, 0.2) is 0 Å². The van der Waals surface area contributed by atoms with Gasteiger partial charge >= 0.3 is 0 Å². The number of fused-ring (bicyclic) bond motifs is 1. The van der Waals surface area contributed by atoms with Gasteiger partial charge in [0.1, 0.15) is 0 Å². The molecule has 1 N–H and O–H groups in total. The van der Waals surface area contributed by atoms with Gasteiger partial charge in [-0.3, -0.25) is 14.5 Å². The summed E-state index contributed by atoms with van der Waals surface area (Å²) in [6.07, 6.45) is 3.05. The van der Waals surface area contributed by atoms with Crippen LogP contribution in [0.25, 0.3) is 10.1 Å². The van der Waals surface area contributed by atoms with Crippen molar-refractivity contribution < 1.29 is 9.59 Å². The van der Waals surface area contributed by atoms with E-state index in [-0.39, 0.29) is 23.9 Å². The van der Waals surface area contributed by atoms with E-state index in [0.717, 1.165) is 54.7 Å². The highest BCUT2D eigenvalue weighted by Gasteiger charge is 2.35. The van der Waals surface area contributed by atoms with Gasteiger partial charge in [0.05, 0.1) is 22.9 Å². The van der Waals surface area contributed by atoms with Crippen molar-refractivity contribution >= 4 is 33.4 Å². The summed E-state index contributed by atoms with van der Waals surface area (Å²) >= 11 is 1.44. The fourth-order valence-corrected chi connectivity index (χ4v) is 4.79. The molecule has 3 heterocycles. The molecule has 2 fully saturated rings. The van der Waals surface area contributed by atoms with Crippen molar-refractivity contribution in [2.45, 2.75) is 37.8 Å². The van der Waals surface area contributed by atoms with E-state index in [1.807, 2.05) is 36.2 Å². The predicted octanol–water partition coefficient (Wildman–Crippen LogP) is 1.65. The summed E-state index contributed by atoms with van der Waals surface area (Å²) in [5, 5.41) is 4.23. The van der Waals surface area contributed by atoms with Gasteiger partial charge in [0.2, 0.25) is 11.8 Å². The van der Waals surface area contributed by atoms with Gasteiger partial charge in [-0.25, -0.2) is 0 Å². The van der Waals surface area contributed by atoms with E-state index in [9.17, 15) is 9.59 Å². The van der Waals surface area contributed by atoms with Crippen LogP contribution in [-0.2, 0) is 16.0 Å². The number of amides is 2. The Labute approximate surface area is 157 Å². The number of hydrogen-bond acceptors (Lipinski definition) is 5. The first-order valence-electron chi connectivity index (χ1n) is 9.23. The summed E-state index contributed by atoms with van der Waals surface area (Å²) in [4.78, 5) is 28.7. The van der Waals surface area contributed by atoms with Gasteiger partial charge in [-0.05, 0) is 36.9 Å². The van der Waals surface area contributed by atoms with Crippen molar-refractivity contribution in [1.82, 2.24) is 19.5 Å². The van der Waals surface area contributed by atoms with Crippen LogP contribution in [0.15, 0.2) is 24.3 Å². The van der Waals surface area contributed by atoms with Crippen molar-refractivity contribution in [2.24, 2.45) is 0 Å². The molecule has 1 aromatic heterocycles. The number of hydrogen-bond donors (Lipinski definition) is 1. The van der Waals surface area contributed by atoms with Crippen molar-refractivity contribution in [2.75, 3.05) is 26.7 Å². The molecule has 1 atom stereocenters. The number of benzene rings is 1. The van der Waals surface area contributed by atoms with Crippen LogP contribution in [0.2, 0.25) is 0 Å². The van der Waals surface area contributed by atoms with Gasteiger partial charge in [-0.1, -0.05) is 18.2 Å². The number of rotatable bonds is 4. The Balaban J connectivity index is 1.29. The minimum absolute atomic E-state index is 0.0381. The number of likely N-dealkylation sites (N-methyl/N-ethyl adjacent to an activating group) is 1. The highest BCUT2D eigenvalue weighted by molar-refractivity contribution is 7.13. The van der Waals surface area contributed by atoms with Gasteiger partial charge in [-0.2, -0.15) is 4.37 Å². The molecule has 0 spiro atoms. The summed E-state index contributed by atoms with van der Waals surface area (Å²) in [7, 11) is 1.87. The minimum atomic E-state index is 0.0381. The Bertz CT molecular complexity index is 813. The molecule has 0 unspecified atom stereocenters. The van der Waals surface area contributed by atoms with Crippen LogP contribution >= 0.6 is 11.5 Å². The number of piperidine rings is 1. The first kappa shape index (κ1) is 17.4. The van der Waals surface area contributed by atoms with E-state index in [2.05, 4.69) is 14.6 Å². The molecule has 26 heavy (non-hydrogen) atoms. The minimum Gasteiger partial charge on any atom is -0.353 e. The molecule has 2 saturated heterocycles. The molecular weight excluding hydrogens is 348 g/mol. The molecule has 0 bridgehead atoms. The average Bonchev–Trinajstić information content (AvgIpc) is 3.20. The second-order valence-electron chi connectivity index (χ2n) is 7.24. The molecule has 138 valence electrons. The topological polar surface area (TPSA) is 65.5 Å². The number of carbonyl (C=O) groups is 2. The summed E-state index contributed by atoms with van der Waals surface area (Å²) in [5.41, 5.74) is 0.861. The third-order valence-electron chi connectivity index (χ3n) is 5.51. The molecule has 2 aliphatic rings. The van der Waals surface area contributed by atoms with Gasteiger partial charge < -0.3 is 10.2 Å². The van der Waals surface area contributed by atoms with Crippen LogP contribution in [0.1, 0.15) is 25.0 Å². The standard InChI is InChI=1S/C19H24N4O2S/c1-22-9-8-16(19(22)25)23-10-6-13(7-11-23)20-18(24)12-15-14-4-2-3-5-17(14)26-21-15/h2-5,13,16H,6-12H2,1H3,(H,20,24)/t16-/m1/s1. The summed E-state index contributed by atoms with van der Waals surface area (Å²) in [6, 6.07) is 8.26. The van der Waals surface area contributed by atoms with E-state index in [4.69, 9.17) is 0 Å². The molecular formula is C19H24N4O2S. The Morgan fingerprint density at radius 1 is 1.23 bits per heavy atom. The normalized spacial score (nSPS) is 22.3. The average molecular weight is 372 g/mol. The van der Waals surface area contributed by atoms with Crippen LogP contribution in [0.5, 0.6) is 0 Å². The maximum absolute atomic E-state index is 12.4. The van der Waals surface area contributed by atoms with Crippen LogP contribution in [-0.4, -0.2) is 64.8 Å². The lowest BCUT2D eigenvalue weighted by Crippen LogP contribution is -2.50. The van der Waals surface area contributed by atoms with E-state index in [1.165, 1.54) is 11.5 Å². The lowest BCUT2D eigenvalue weighted by atomic mass is 10.0. The van der Waals surface area contributed by atoms with E-state index in [1.54, 1.807) is 0 Å². The van der Waals surface area contributed by atoms with Crippen LogP contribution in [0, 0.1) is 0 Å². The maximum atomic E-state index is 12.4. The number of carbonyl (C=O) groups excluding carboxylic acids is 2. The Hall–Kier alpha value is -1.99. The molecule has 4 rings (SSSR count). The molecule has 2 aromatic rings. The first-order chi connectivity index (χ1) is 12.6. The third kappa shape index (κ3) is 3.46. The predicted molar refractivity (Wildman–Crippen MR) is 102 cm³/mol. The monoisotopic (exact) mass is 372 g/mol. The number of nitrogens with one attached hydrogen (secondary N) is 1. The van der Waals surface area contributed by atoms with Crippen LogP contribution < -0.4 is 5.32 Å². The molecule has 0 radical (unpaired) electrons. The lowest BCUT2D eigenvalue weighted by Gasteiger charge is -2.35. The molecule has 1 aromatic carbocycles. The smallest absolute Gasteiger partial charge is 0.239 e. The van der Waals surface area contributed by atoms with Crippen molar-refractivity contribution in [1.29, 1.82) is 0 Å². The highest BCUT2D eigenvalue weighted by atomic mass is 32.1. The summed E-state index contributed by atoms with van der Waals surface area (Å²) < 4.78 is 5.56. The SMILES string of the molecule is CN1CC[C@@H](N2CCC(NC(=O)Cc3nsc4ccccc34)CC2)C1=O. The molecule has 0 aliphatic carbocycles. The van der Waals surface area contributed by atoms with Crippen molar-refractivity contribution in [3.8, 4) is 0 Å². The molecule has 7 heteroatoms. The quantitative estimate of drug-likeness (QED) is 0.886. The van der Waals surface area contributed by atoms with Crippen molar-refractivity contribution in [3.05, 3.63) is 30.0 Å². The first-order valence-corrected chi connectivity index (χ1v) is 10.0. The summed E-state index contributed by atoms with van der Waals surface area (Å²) in [6.45, 7) is 2.59. The number of aromatic nitrogens is 1. The van der Waals surface area contributed by atoms with Gasteiger partial charge in [-0.15, -0.1) is 0 Å². The van der Waals surface area contributed by atoms with Crippen LogP contribution in [0.3, 0.4) is 0 Å². The number of nitrogens with zero attached hydrogens (tertiary/aromatic N) is 3. The zero-order valence-corrected chi connectivity index (χ0v) is 15.8. The second kappa shape index (κ2) is 7.32. The van der Waals surface area contributed by atoms with Crippen LogP contribution in [0.4, 0.5) is 0 Å². The molecule has 2 aliphatic heterocycles. The fraction of sp³-hybridized carbons (Fsp3) is 0.526. The zero-order chi connectivity index (χ0) is 18.1. The zero-order valence-electron chi connectivity index (χ0n) is 15.0. The molecule has 0 saturated carbocycles. The van der Waals surface area contributed by atoms with Gasteiger partial charge in [0.25, 0.3) is 0 Å². The molecule has 2 amide bonds. The largest absolute Gasteiger partial charge is 0.353 e. The van der Waals surface area contributed by atoms with Crippen molar-refractivity contribution in [3.63, 3.8) is 0 Å². The van der Waals surface area contributed by atoms with Gasteiger partial charge in [0, 0.05) is 38.1 Å². The maximum Gasteiger partial charge on any atom is 0.239 e. The Morgan fingerprint density at radius 3 is 2.73 bits per heavy atom. The van der Waals surface area contributed by atoms with E-state index in [0.29, 0.717) is 6.42 Å². The summed E-state index contributed by atoms with van der Waals surface area (Å²) in [5.74, 6) is 0.277. The molecule has 6 nitrogen and oxygen atoms in total. The van der Waals surface area contributed by atoms with E-state index < -0.39 is 0 Å². The Kier molecular flexibility index (Phi) is 4.91. The van der Waals surface area contributed by atoms with E-state index >= 15 is 0 Å². The number of likely N-dealkylation sites (tertiary alicyclic amines) is 2. The second-order valence-corrected chi connectivity index (χ2v) is 8.05. The highest BCUT2D eigenvalue weighted by Crippen LogP contribution is 2.23. The lowest BCUT2D eigenvalue weighted by molar-refractivity contribution is -0.131.